The Morgan fingerprint density at radius 2 is 2.05 bits per heavy atom. The quantitative estimate of drug-likeness (QED) is 0.843. The molecule has 4 nitrogen and oxygen atoms in total. The van der Waals surface area contributed by atoms with E-state index in [9.17, 15) is 9.18 Å². The van der Waals surface area contributed by atoms with Crippen LogP contribution in [0.4, 0.5) is 10.1 Å². The average Bonchev–Trinajstić information content (AvgIpc) is 2.39. The van der Waals surface area contributed by atoms with E-state index in [4.69, 9.17) is 10.5 Å². The Balaban J connectivity index is 2.27. The number of hydrogen-bond acceptors (Lipinski definition) is 3. The van der Waals surface area contributed by atoms with Gasteiger partial charge in [-0.1, -0.05) is 15.9 Å². The average molecular weight is 339 g/mol. The number of hydrogen-bond donors (Lipinski definition) is 2. The Hall–Kier alpha value is -2.08. The molecule has 0 heterocycles. The maximum atomic E-state index is 13.3. The van der Waals surface area contributed by atoms with Crippen molar-refractivity contribution in [3.05, 3.63) is 52.3 Å². The molecule has 2 aromatic carbocycles. The number of nitrogens with two attached hydrogens (primary N) is 1. The predicted molar refractivity (Wildman–Crippen MR) is 78.4 cm³/mol. The van der Waals surface area contributed by atoms with Crippen LogP contribution in [0.2, 0.25) is 0 Å². The summed E-state index contributed by atoms with van der Waals surface area (Å²) in [6.07, 6.45) is 0. The van der Waals surface area contributed by atoms with E-state index in [1.807, 2.05) is 0 Å². The van der Waals surface area contributed by atoms with Crippen LogP contribution >= 0.6 is 15.9 Å². The van der Waals surface area contributed by atoms with Crippen LogP contribution in [0.1, 0.15) is 10.4 Å². The standard InChI is InChI=1S/C14H12BrFN2O2/c1-18-14(19)8-2-3-13(12(17)4-8)20-11-6-9(15)5-10(16)7-11/h2-7H,17H2,1H3,(H,18,19). The van der Waals surface area contributed by atoms with Crippen molar-refractivity contribution in [1.29, 1.82) is 0 Å². The molecule has 2 rings (SSSR count). The zero-order valence-corrected chi connectivity index (χ0v) is 12.2. The summed E-state index contributed by atoms with van der Waals surface area (Å²) in [5.41, 5.74) is 6.55. The summed E-state index contributed by atoms with van der Waals surface area (Å²) in [4.78, 5) is 11.5. The molecule has 0 bridgehead atoms. The molecule has 0 saturated carbocycles. The number of halogens is 2. The Bertz CT molecular complexity index is 641. The minimum atomic E-state index is -0.421. The molecule has 0 aliphatic heterocycles. The van der Waals surface area contributed by atoms with Crippen LogP contribution in [0.15, 0.2) is 40.9 Å². The molecule has 104 valence electrons. The number of anilines is 1. The first kappa shape index (κ1) is 14.3. The highest BCUT2D eigenvalue weighted by Crippen LogP contribution is 2.30. The molecule has 0 aliphatic carbocycles. The summed E-state index contributed by atoms with van der Waals surface area (Å²) >= 11 is 3.18. The van der Waals surface area contributed by atoms with Crippen molar-refractivity contribution in [2.45, 2.75) is 0 Å². The molecule has 3 N–H and O–H groups in total. The van der Waals surface area contributed by atoms with Crippen LogP contribution in [-0.4, -0.2) is 13.0 Å². The lowest BCUT2D eigenvalue weighted by Crippen LogP contribution is -2.17. The maximum Gasteiger partial charge on any atom is 0.251 e. The summed E-state index contributed by atoms with van der Waals surface area (Å²) in [7, 11) is 1.53. The monoisotopic (exact) mass is 338 g/mol. The van der Waals surface area contributed by atoms with Crippen LogP contribution in [0.3, 0.4) is 0 Å². The molecule has 0 unspecified atom stereocenters. The number of ether oxygens (including phenoxy) is 1. The van der Waals surface area contributed by atoms with E-state index in [-0.39, 0.29) is 5.91 Å². The second kappa shape index (κ2) is 5.92. The summed E-state index contributed by atoms with van der Waals surface area (Å²) in [5, 5.41) is 2.50. The summed E-state index contributed by atoms with van der Waals surface area (Å²) in [5.74, 6) is 0.0121. The molecule has 0 radical (unpaired) electrons. The first-order valence-corrected chi connectivity index (χ1v) is 6.54. The van der Waals surface area contributed by atoms with E-state index in [1.165, 1.54) is 25.2 Å². The van der Waals surface area contributed by atoms with Crippen molar-refractivity contribution in [2.24, 2.45) is 0 Å². The summed E-state index contributed by atoms with van der Waals surface area (Å²) in [6, 6.07) is 8.84. The van der Waals surface area contributed by atoms with Crippen LogP contribution in [-0.2, 0) is 0 Å². The maximum absolute atomic E-state index is 13.3. The van der Waals surface area contributed by atoms with Crippen molar-refractivity contribution < 1.29 is 13.9 Å². The molecule has 0 fully saturated rings. The summed E-state index contributed by atoms with van der Waals surface area (Å²) < 4.78 is 19.3. The van der Waals surface area contributed by atoms with E-state index in [0.717, 1.165) is 0 Å². The number of rotatable bonds is 3. The first-order chi connectivity index (χ1) is 9.49. The lowest BCUT2D eigenvalue weighted by molar-refractivity contribution is 0.0963. The number of nitrogens with one attached hydrogen (secondary N) is 1. The molecule has 0 aliphatic rings. The number of amides is 1. The largest absolute Gasteiger partial charge is 0.455 e. The second-order valence-corrected chi connectivity index (χ2v) is 4.95. The van der Waals surface area contributed by atoms with Crippen LogP contribution in [0.25, 0.3) is 0 Å². The van der Waals surface area contributed by atoms with Crippen molar-refractivity contribution in [2.75, 3.05) is 12.8 Å². The van der Waals surface area contributed by atoms with Gasteiger partial charge in [0.25, 0.3) is 5.91 Å². The fraction of sp³-hybridized carbons (Fsp3) is 0.0714. The smallest absolute Gasteiger partial charge is 0.251 e. The number of benzene rings is 2. The number of carbonyl (C=O) groups excluding carboxylic acids is 1. The zero-order chi connectivity index (χ0) is 14.7. The molecule has 6 heteroatoms. The zero-order valence-electron chi connectivity index (χ0n) is 10.6. The number of carbonyl (C=O) groups is 1. The van der Waals surface area contributed by atoms with Crippen LogP contribution < -0.4 is 15.8 Å². The predicted octanol–water partition coefficient (Wildman–Crippen LogP) is 3.32. The van der Waals surface area contributed by atoms with Crippen molar-refractivity contribution >= 4 is 27.5 Å². The van der Waals surface area contributed by atoms with Gasteiger partial charge in [0.1, 0.15) is 17.3 Å². The normalized spacial score (nSPS) is 10.2. The van der Waals surface area contributed by atoms with Gasteiger partial charge in [0.15, 0.2) is 0 Å². The third-order valence-electron chi connectivity index (χ3n) is 2.56. The van der Waals surface area contributed by atoms with Gasteiger partial charge < -0.3 is 15.8 Å². The van der Waals surface area contributed by atoms with Crippen LogP contribution in [0, 0.1) is 5.82 Å². The second-order valence-electron chi connectivity index (χ2n) is 4.04. The SMILES string of the molecule is CNC(=O)c1ccc(Oc2cc(F)cc(Br)c2)c(N)c1. The molecular formula is C14H12BrFN2O2. The minimum absolute atomic E-state index is 0.239. The van der Waals surface area contributed by atoms with Crippen LogP contribution in [0.5, 0.6) is 11.5 Å². The highest BCUT2D eigenvalue weighted by atomic mass is 79.9. The first-order valence-electron chi connectivity index (χ1n) is 5.75. The Morgan fingerprint density at radius 1 is 1.30 bits per heavy atom. The fourth-order valence-electron chi connectivity index (χ4n) is 1.64. The van der Waals surface area contributed by atoms with Gasteiger partial charge in [-0.05, 0) is 30.3 Å². The Kier molecular flexibility index (Phi) is 4.24. The third kappa shape index (κ3) is 3.27. The molecule has 20 heavy (non-hydrogen) atoms. The number of nitrogen functional groups attached to an aromatic ring is 1. The van der Waals surface area contributed by atoms with E-state index < -0.39 is 5.82 Å². The van der Waals surface area contributed by atoms with Crippen molar-refractivity contribution in [3.8, 4) is 11.5 Å². The molecule has 0 saturated heterocycles. The molecule has 0 spiro atoms. The fourth-order valence-corrected chi connectivity index (χ4v) is 2.09. The van der Waals surface area contributed by atoms with Gasteiger partial charge in [-0.3, -0.25) is 4.79 Å². The molecule has 0 aromatic heterocycles. The highest BCUT2D eigenvalue weighted by Gasteiger charge is 2.09. The van der Waals surface area contributed by atoms with Gasteiger partial charge in [0.2, 0.25) is 0 Å². The van der Waals surface area contributed by atoms with Gasteiger partial charge in [0.05, 0.1) is 5.69 Å². The van der Waals surface area contributed by atoms with Gasteiger partial charge in [-0.25, -0.2) is 4.39 Å². The Labute approximate surface area is 123 Å². The van der Waals surface area contributed by atoms with Crippen molar-refractivity contribution in [3.63, 3.8) is 0 Å². The van der Waals surface area contributed by atoms with E-state index in [1.54, 1.807) is 18.2 Å². The van der Waals surface area contributed by atoms with Gasteiger partial charge in [-0.15, -0.1) is 0 Å². The molecule has 0 atom stereocenters. The molecular weight excluding hydrogens is 327 g/mol. The highest BCUT2D eigenvalue weighted by molar-refractivity contribution is 9.10. The van der Waals surface area contributed by atoms with E-state index in [2.05, 4.69) is 21.2 Å². The van der Waals surface area contributed by atoms with Crippen molar-refractivity contribution in [1.82, 2.24) is 5.32 Å². The van der Waals surface area contributed by atoms with Gasteiger partial charge >= 0.3 is 0 Å². The van der Waals surface area contributed by atoms with Gasteiger partial charge in [-0.2, -0.15) is 0 Å². The Morgan fingerprint density at radius 3 is 2.65 bits per heavy atom. The molecule has 2 aromatic rings. The molecule has 1 amide bonds. The topological polar surface area (TPSA) is 64.3 Å². The van der Waals surface area contributed by atoms with E-state index >= 15 is 0 Å². The van der Waals surface area contributed by atoms with E-state index in [0.29, 0.717) is 27.2 Å². The third-order valence-corrected chi connectivity index (χ3v) is 3.02. The minimum Gasteiger partial charge on any atom is -0.455 e. The lowest BCUT2D eigenvalue weighted by atomic mass is 10.2. The van der Waals surface area contributed by atoms with Gasteiger partial charge in [0, 0.05) is 23.2 Å². The lowest BCUT2D eigenvalue weighted by Gasteiger charge is -2.10. The summed E-state index contributed by atoms with van der Waals surface area (Å²) in [6.45, 7) is 0.